The van der Waals surface area contributed by atoms with E-state index in [1.165, 1.54) is 39.2 Å². The molecule has 0 unspecified atom stereocenters. The molecule has 0 atom stereocenters. The molecule has 2 aliphatic rings. The Kier molecular flexibility index (Phi) is 6.67. The van der Waals surface area contributed by atoms with E-state index in [1.54, 1.807) is 40.5 Å². The number of benzene rings is 1. The van der Waals surface area contributed by atoms with Crippen molar-refractivity contribution in [1.29, 1.82) is 0 Å². The molecule has 10 nitrogen and oxygen atoms in total. The molecule has 1 N–H and O–H groups in total. The van der Waals surface area contributed by atoms with E-state index >= 15 is 0 Å². The average molecular weight is 497 g/mol. The molecule has 11 heteroatoms. The van der Waals surface area contributed by atoms with Gasteiger partial charge in [-0.3, -0.25) is 9.59 Å². The van der Waals surface area contributed by atoms with Gasteiger partial charge < -0.3 is 19.6 Å². The van der Waals surface area contributed by atoms with Gasteiger partial charge in [0.05, 0.1) is 7.11 Å². The molecule has 2 aromatic heterocycles. The Bertz CT molecular complexity index is 1260. The number of hydrogen-bond acceptors (Lipinski definition) is 9. The molecule has 3 heterocycles. The van der Waals surface area contributed by atoms with Crippen molar-refractivity contribution in [3.63, 3.8) is 0 Å². The number of carbonyl (C=O) groups is 1. The first kappa shape index (κ1) is 23.3. The number of nitrogens with zero attached hydrogens (tertiary/aromatic N) is 6. The van der Waals surface area contributed by atoms with Crippen molar-refractivity contribution in [2.45, 2.75) is 38.0 Å². The summed E-state index contributed by atoms with van der Waals surface area (Å²) in [4.78, 5) is 29.5. The molecule has 0 bridgehead atoms. The largest absolute Gasteiger partial charge is 0.505 e. The smallest absolute Gasteiger partial charge is 0.278 e. The van der Waals surface area contributed by atoms with E-state index in [9.17, 15) is 14.7 Å². The van der Waals surface area contributed by atoms with Crippen LogP contribution in [0.4, 0.5) is 5.13 Å². The van der Waals surface area contributed by atoms with E-state index < -0.39 is 17.2 Å². The summed E-state index contributed by atoms with van der Waals surface area (Å²) in [5.74, 6) is 0.0936. The third-order valence-corrected chi connectivity index (χ3v) is 7.80. The molecule has 1 saturated carbocycles. The Labute approximate surface area is 206 Å². The van der Waals surface area contributed by atoms with Gasteiger partial charge in [-0.2, -0.15) is 9.78 Å². The van der Waals surface area contributed by atoms with Crippen LogP contribution in [0.2, 0.25) is 0 Å². The number of aromatic hydroxyl groups is 1. The molecule has 0 radical (unpaired) electrons. The van der Waals surface area contributed by atoms with Crippen molar-refractivity contribution in [3.05, 3.63) is 51.4 Å². The highest BCUT2D eigenvalue weighted by Crippen LogP contribution is 2.36. The van der Waals surface area contributed by atoms with Gasteiger partial charge in [0, 0.05) is 38.2 Å². The lowest BCUT2D eigenvalue weighted by atomic mass is 9.90. The molecule has 3 aromatic rings. The van der Waals surface area contributed by atoms with E-state index in [0.717, 1.165) is 20.9 Å². The first-order valence-electron chi connectivity index (χ1n) is 11.9. The molecule has 35 heavy (non-hydrogen) atoms. The molecular weight excluding hydrogens is 468 g/mol. The normalized spacial score (nSPS) is 16.9. The topological polar surface area (TPSA) is 114 Å². The van der Waals surface area contributed by atoms with Crippen molar-refractivity contribution in [2.24, 2.45) is 0 Å². The van der Waals surface area contributed by atoms with Crippen molar-refractivity contribution >= 4 is 22.4 Å². The minimum atomic E-state index is -0.557. The van der Waals surface area contributed by atoms with Crippen LogP contribution >= 0.6 is 11.3 Å². The molecule has 184 valence electrons. The number of para-hydroxylation sites is 2. The van der Waals surface area contributed by atoms with E-state index in [0.29, 0.717) is 43.5 Å². The van der Waals surface area contributed by atoms with Crippen LogP contribution in [-0.4, -0.2) is 69.2 Å². The minimum absolute atomic E-state index is 0.167. The highest BCUT2D eigenvalue weighted by Gasteiger charge is 2.28. The van der Waals surface area contributed by atoms with Gasteiger partial charge in [-0.1, -0.05) is 42.7 Å². The molecule has 1 aliphatic heterocycles. The quantitative estimate of drug-likeness (QED) is 0.574. The predicted molar refractivity (Wildman–Crippen MR) is 132 cm³/mol. The Morgan fingerprint density at radius 2 is 1.83 bits per heavy atom. The van der Waals surface area contributed by atoms with Crippen molar-refractivity contribution in [3.8, 4) is 17.2 Å². The van der Waals surface area contributed by atoms with Gasteiger partial charge in [0.2, 0.25) is 5.13 Å². The van der Waals surface area contributed by atoms with E-state index in [1.807, 2.05) is 0 Å². The number of aromatic nitrogens is 4. The molecule has 1 amide bonds. The lowest BCUT2D eigenvalue weighted by molar-refractivity contribution is 0.0735. The third-order valence-electron chi connectivity index (χ3n) is 6.65. The van der Waals surface area contributed by atoms with E-state index in [4.69, 9.17) is 4.74 Å². The fourth-order valence-electron chi connectivity index (χ4n) is 4.70. The number of piperazine rings is 1. The third kappa shape index (κ3) is 4.72. The van der Waals surface area contributed by atoms with Crippen LogP contribution in [0.25, 0.3) is 5.69 Å². The lowest BCUT2D eigenvalue weighted by Crippen LogP contribution is -2.49. The van der Waals surface area contributed by atoms with Crippen molar-refractivity contribution in [2.75, 3.05) is 38.2 Å². The predicted octanol–water partition coefficient (Wildman–Crippen LogP) is 2.81. The maximum absolute atomic E-state index is 13.2. The fourth-order valence-corrected chi connectivity index (χ4v) is 5.76. The van der Waals surface area contributed by atoms with Gasteiger partial charge in [-0.25, -0.2) is 0 Å². The summed E-state index contributed by atoms with van der Waals surface area (Å²) in [6.07, 6.45) is 6.19. The zero-order valence-electron chi connectivity index (χ0n) is 19.6. The standard InChI is InChI=1S/C24H28N6O4S/c1-34-19-10-6-5-9-17(19)30-20(32)15-18(31)21(27-30)23(33)28-11-13-29(14-12-28)24-26-25-22(35-24)16-7-3-2-4-8-16/h5-6,9-10,15-16,31H,2-4,7-8,11-14H2,1H3. The van der Waals surface area contributed by atoms with Crippen LogP contribution in [-0.2, 0) is 0 Å². The summed E-state index contributed by atoms with van der Waals surface area (Å²) < 4.78 is 6.40. The van der Waals surface area contributed by atoms with Crippen molar-refractivity contribution in [1.82, 2.24) is 24.9 Å². The second-order valence-corrected chi connectivity index (χ2v) is 9.82. The van der Waals surface area contributed by atoms with Crippen LogP contribution < -0.4 is 15.2 Å². The average Bonchev–Trinajstić information content (AvgIpc) is 3.40. The SMILES string of the molecule is COc1ccccc1-n1nc(C(=O)N2CCN(c3nnc(C4CCCCC4)s3)CC2)c(O)cc1=O. The molecule has 0 spiro atoms. The Hall–Kier alpha value is -3.47. The first-order chi connectivity index (χ1) is 17.0. The number of methoxy groups -OCH3 is 1. The maximum atomic E-state index is 13.2. The van der Waals surface area contributed by atoms with Gasteiger partial charge in [0.25, 0.3) is 11.5 Å². The molecule has 1 aromatic carbocycles. The fraction of sp³-hybridized carbons (Fsp3) is 0.458. The van der Waals surface area contributed by atoms with Gasteiger partial charge >= 0.3 is 0 Å². The number of carbonyl (C=O) groups excluding carboxylic acids is 1. The first-order valence-corrected chi connectivity index (χ1v) is 12.7. The van der Waals surface area contributed by atoms with E-state index in [-0.39, 0.29) is 5.69 Å². The summed E-state index contributed by atoms with van der Waals surface area (Å²) in [6.45, 7) is 2.12. The summed E-state index contributed by atoms with van der Waals surface area (Å²) >= 11 is 1.66. The Balaban J connectivity index is 1.30. The maximum Gasteiger partial charge on any atom is 0.278 e. The zero-order valence-corrected chi connectivity index (χ0v) is 20.4. The summed E-state index contributed by atoms with van der Waals surface area (Å²) in [5, 5.41) is 25.4. The molecule has 1 saturated heterocycles. The molecule has 2 fully saturated rings. The van der Waals surface area contributed by atoms with Crippen LogP contribution in [0.1, 0.15) is 53.5 Å². The number of amides is 1. The van der Waals surface area contributed by atoms with Crippen LogP contribution in [0.5, 0.6) is 11.5 Å². The molecule has 5 rings (SSSR count). The van der Waals surface area contributed by atoms with Gasteiger partial charge in [-0.15, -0.1) is 10.2 Å². The molecular formula is C24H28N6O4S. The van der Waals surface area contributed by atoms with Crippen molar-refractivity contribution < 1.29 is 14.6 Å². The van der Waals surface area contributed by atoms with E-state index in [2.05, 4.69) is 20.2 Å². The summed E-state index contributed by atoms with van der Waals surface area (Å²) in [6, 6.07) is 7.89. The van der Waals surface area contributed by atoms with Gasteiger partial charge in [0.15, 0.2) is 11.4 Å². The van der Waals surface area contributed by atoms with Crippen LogP contribution in [0, 0.1) is 0 Å². The van der Waals surface area contributed by atoms with Crippen LogP contribution in [0.15, 0.2) is 35.1 Å². The Morgan fingerprint density at radius 1 is 1.09 bits per heavy atom. The second-order valence-electron chi connectivity index (χ2n) is 8.84. The number of hydrogen-bond donors (Lipinski definition) is 1. The monoisotopic (exact) mass is 496 g/mol. The number of ether oxygens (including phenoxy) is 1. The summed E-state index contributed by atoms with van der Waals surface area (Å²) in [7, 11) is 1.49. The highest BCUT2D eigenvalue weighted by molar-refractivity contribution is 7.15. The Morgan fingerprint density at radius 3 is 2.57 bits per heavy atom. The highest BCUT2D eigenvalue weighted by atomic mass is 32.1. The molecule has 1 aliphatic carbocycles. The minimum Gasteiger partial charge on any atom is -0.505 e. The summed E-state index contributed by atoms with van der Waals surface area (Å²) in [5.41, 5.74) is -0.332. The zero-order chi connectivity index (χ0) is 24.4. The lowest BCUT2D eigenvalue weighted by Gasteiger charge is -2.34. The number of anilines is 1. The van der Waals surface area contributed by atoms with Gasteiger partial charge in [0.1, 0.15) is 16.4 Å². The van der Waals surface area contributed by atoms with Gasteiger partial charge in [-0.05, 0) is 25.0 Å². The van der Waals surface area contributed by atoms with Crippen LogP contribution in [0.3, 0.4) is 0 Å². The number of rotatable bonds is 5. The second kappa shape index (κ2) is 10.0.